The fraction of sp³-hybridized carbons (Fsp3) is 0. The van der Waals surface area contributed by atoms with Crippen LogP contribution in [0.25, 0.3) is 49.7 Å². The average Bonchev–Trinajstić information content (AvgIpc) is 3.64. The number of fused-ring (bicyclic) bond motifs is 3. The van der Waals surface area contributed by atoms with E-state index in [1.165, 1.54) is 0 Å². The van der Waals surface area contributed by atoms with Crippen molar-refractivity contribution in [3.05, 3.63) is 236 Å². The molecule has 0 aliphatic heterocycles. The Morgan fingerprint density at radius 1 is 0.339 bits per heavy atom. The summed E-state index contributed by atoms with van der Waals surface area (Å²) >= 11 is 0. The van der Waals surface area contributed by atoms with Crippen molar-refractivity contribution in [2.24, 2.45) is 0 Å². The molecule has 0 fully saturated rings. The number of nitrogens with zero attached hydrogens (tertiary/aromatic N) is 4. The molecule has 0 aliphatic rings. The van der Waals surface area contributed by atoms with Gasteiger partial charge >= 0.3 is 0 Å². The SMILES string of the molecule is N#Cc1ccccc1-c1ccc(-c2ccc(-n3c4ccc(N(c5ccccc5)c5ccccc5)cc4c4cc(N(c5ccccc5)c5ccccc5)ccc43)cc2)cc1. The molecule has 9 aromatic carbocycles. The highest BCUT2D eigenvalue weighted by Crippen LogP contribution is 2.43. The first-order valence-electron chi connectivity index (χ1n) is 19.8. The maximum atomic E-state index is 9.66. The van der Waals surface area contributed by atoms with Gasteiger partial charge in [-0.25, -0.2) is 0 Å². The van der Waals surface area contributed by atoms with Crippen molar-refractivity contribution in [3.8, 4) is 34.0 Å². The van der Waals surface area contributed by atoms with Gasteiger partial charge in [0.05, 0.1) is 22.7 Å². The van der Waals surface area contributed by atoms with E-state index in [9.17, 15) is 5.26 Å². The zero-order chi connectivity index (χ0) is 39.5. The van der Waals surface area contributed by atoms with Gasteiger partial charge in [0.2, 0.25) is 0 Å². The molecule has 4 nitrogen and oxygen atoms in total. The molecule has 1 heterocycles. The van der Waals surface area contributed by atoms with Crippen molar-refractivity contribution in [1.82, 2.24) is 4.57 Å². The van der Waals surface area contributed by atoms with Gasteiger partial charge in [0, 0.05) is 50.6 Å². The molecule has 1 aromatic heterocycles. The molecule has 0 atom stereocenters. The third kappa shape index (κ3) is 6.67. The van der Waals surface area contributed by atoms with Crippen LogP contribution >= 0.6 is 0 Å². The molecule has 0 aliphatic carbocycles. The smallest absolute Gasteiger partial charge is 0.0998 e. The average molecular weight is 755 g/mol. The highest BCUT2D eigenvalue weighted by atomic mass is 15.1. The number of para-hydroxylation sites is 4. The van der Waals surface area contributed by atoms with Gasteiger partial charge in [0.15, 0.2) is 0 Å². The molecule has 0 spiro atoms. The Bertz CT molecular complexity index is 2860. The Morgan fingerprint density at radius 2 is 0.712 bits per heavy atom. The number of benzene rings is 9. The van der Waals surface area contributed by atoms with E-state index in [-0.39, 0.29) is 0 Å². The minimum absolute atomic E-state index is 0.677. The highest BCUT2D eigenvalue weighted by Gasteiger charge is 2.20. The van der Waals surface area contributed by atoms with E-state index in [1.807, 2.05) is 24.3 Å². The summed E-state index contributed by atoms with van der Waals surface area (Å²) in [6.07, 6.45) is 0. The van der Waals surface area contributed by atoms with Gasteiger partial charge in [-0.2, -0.15) is 5.26 Å². The fourth-order valence-corrected chi connectivity index (χ4v) is 8.24. The predicted molar refractivity (Wildman–Crippen MR) is 246 cm³/mol. The van der Waals surface area contributed by atoms with Gasteiger partial charge in [0.1, 0.15) is 0 Å². The minimum atomic E-state index is 0.677. The van der Waals surface area contributed by atoms with Gasteiger partial charge in [0.25, 0.3) is 0 Å². The first-order valence-corrected chi connectivity index (χ1v) is 19.8. The van der Waals surface area contributed by atoms with Crippen molar-refractivity contribution in [1.29, 1.82) is 5.26 Å². The summed E-state index contributed by atoms with van der Waals surface area (Å²) in [5, 5.41) is 12.0. The molecule has 0 bridgehead atoms. The predicted octanol–water partition coefficient (Wildman–Crippen LogP) is 14.9. The topological polar surface area (TPSA) is 35.2 Å². The van der Waals surface area contributed by atoms with E-state index >= 15 is 0 Å². The van der Waals surface area contributed by atoms with Crippen LogP contribution in [0.5, 0.6) is 0 Å². The largest absolute Gasteiger partial charge is 0.310 e. The van der Waals surface area contributed by atoms with Crippen LogP contribution in [-0.2, 0) is 0 Å². The summed E-state index contributed by atoms with van der Waals surface area (Å²) in [4.78, 5) is 4.65. The van der Waals surface area contributed by atoms with Crippen molar-refractivity contribution in [2.75, 3.05) is 9.80 Å². The number of aromatic nitrogens is 1. The Morgan fingerprint density at radius 3 is 1.14 bits per heavy atom. The monoisotopic (exact) mass is 754 g/mol. The van der Waals surface area contributed by atoms with Gasteiger partial charge in [-0.15, -0.1) is 0 Å². The molecule has 59 heavy (non-hydrogen) atoms. The summed E-state index contributed by atoms with van der Waals surface area (Å²) in [6.45, 7) is 0. The van der Waals surface area contributed by atoms with Crippen LogP contribution in [0.4, 0.5) is 34.1 Å². The van der Waals surface area contributed by atoms with Gasteiger partial charge < -0.3 is 14.4 Å². The number of hydrogen-bond acceptors (Lipinski definition) is 3. The number of nitriles is 1. The van der Waals surface area contributed by atoms with E-state index in [2.05, 4.69) is 227 Å². The van der Waals surface area contributed by atoms with Crippen LogP contribution in [0.3, 0.4) is 0 Å². The van der Waals surface area contributed by atoms with E-state index in [4.69, 9.17) is 0 Å². The van der Waals surface area contributed by atoms with Crippen LogP contribution in [0.2, 0.25) is 0 Å². The summed E-state index contributed by atoms with van der Waals surface area (Å²) < 4.78 is 2.38. The normalized spacial score (nSPS) is 11.0. The van der Waals surface area contributed by atoms with Crippen molar-refractivity contribution in [3.63, 3.8) is 0 Å². The van der Waals surface area contributed by atoms with Crippen LogP contribution in [0.1, 0.15) is 5.56 Å². The Labute approximate surface area is 344 Å². The molecule has 0 N–H and O–H groups in total. The Hall–Kier alpha value is -8.13. The van der Waals surface area contributed by atoms with Gasteiger partial charge in [-0.05, 0) is 125 Å². The molecular formula is C55H38N4. The second-order valence-electron chi connectivity index (χ2n) is 14.5. The highest BCUT2D eigenvalue weighted by molar-refractivity contribution is 6.12. The Balaban J connectivity index is 1.13. The number of hydrogen-bond donors (Lipinski definition) is 0. The molecule has 10 aromatic rings. The summed E-state index contributed by atoms with van der Waals surface area (Å²) in [6, 6.07) is 83.4. The van der Waals surface area contributed by atoms with Crippen LogP contribution in [0.15, 0.2) is 231 Å². The molecule has 0 saturated carbocycles. The van der Waals surface area contributed by atoms with Gasteiger partial charge in [-0.1, -0.05) is 127 Å². The lowest BCUT2D eigenvalue weighted by atomic mass is 9.97. The van der Waals surface area contributed by atoms with E-state index in [0.717, 1.165) is 83.9 Å². The lowest BCUT2D eigenvalue weighted by Gasteiger charge is -2.26. The van der Waals surface area contributed by atoms with Crippen LogP contribution < -0.4 is 9.80 Å². The summed E-state index contributed by atoms with van der Waals surface area (Å²) in [5.74, 6) is 0. The zero-order valence-corrected chi connectivity index (χ0v) is 32.2. The van der Waals surface area contributed by atoms with Crippen molar-refractivity contribution in [2.45, 2.75) is 0 Å². The van der Waals surface area contributed by atoms with Crippen LogP contribution in [-0.4, -0.2) is 4.57 Å². The second kappa shape index (κ2) is 15.4. The van der Waals surface area contributed by atoms with E-state index in [1.54, 1.807) is 0 Å². The third-order valence-corrected chi connectivity index (χ3v) is 11.0. The molecule has 4 heteroatoms. The van der Waals surface area contributed by atoms with E-state index in [0.29, 0.717) is 5.56 Å². The van der Waals surface area contributed by atoms with Crippen molar-refractivity contribution < 1.29 is 0 Å². The lowest BCUT2D eigenvalue weighted by molar-refractivity contribution is 1.18. The maximum Gasteiger partial charge on any atom is 0.0998 e. The van der Waals surface area contributed by atoms with Crippen molar-refractivity contribution >= 4 is 55.9 Å². The number of rotatable bonds is 9. The first-order chi connectivity index (χ1) is 29.2. The maximum absolute atomic E-state index is 9.66. The van der Waals surface area contributed by atoms with Crippen LogP contribution in [0, 0.1) is 11.3 Å². The van der Waals surface area contributed by atoms with Gasteiger partial charge in [-0.3, -0.25) is 0 Å². The molecule has 0 radical (unpaired) electrons. The molecule has 278 valence electrons. The quantitative estimate of drug-likeness (QED) is 0.147. The minimum Gasteiger partial charge on any atom is -0.310 e. The zero-order valence-electron chi connectivity index (χ0n) is 32.2. The van der Waals surface area contributed by atoms with E-state index < -0.39 is 0 Å². The Kier molecular flexibility index (Phi) is 9.23. The standard InChI is InChI=1S/C55H38N4/c56-39-43-15-13-14-24-51(43)42-27-25-40(26-28-42)41-29-31-48(32-30-41)59-54-35-33-49(57(44-16-5-1-6-17-44)45-18-7-2-8-19-45)37-52(54)53-38-50(34-36-55(53)59)58(46-20-9-3-10-21-46)47-22-11-4-12-23-47/h1-38H. The molecule has 0 unspecified atom stereocenters. The number of anilines is 6. The fourth-order valence-electron chi connectivity index (χ4n) is 8.24. The summed E-state index contributed by atoms with van der Waals surface area (Å²) in [7, 11) is 0. The summed E-state index contributed by atoms with van der Waals surface area (Å²) in [5.41, 5.74) is 14.8. The second-order valence-corrected chi connectivity index (χ2v) is 14.5. The molecular weight excluding hydrogens is 717 g/mol. The first kappa shape index (κ1) is 35.3. The molecule has 10 rings (SSSR count). The third-order valence-electron chi connectivity index (χ3n) is 11.0. The molecule has 0 amide bonds. The molecule has 0 saturated heterocycles. The lowest BCUT2D eigenvalue weighted by Crippen LogP contribution is -2.09.